The minimum absolute atomic E-state index is 0.0427. The molecule has 2 aromatic rings. The molecule has 1 aliphatic heterocycles. The number of Topliss-reactive ketones (excluding diaryl/α,β-unsaturated/α-hetero) is 1. The van der Waals surface area contributed by atoms with E-state index in [9.17, 15) is 4.79 Å². The van der Waals surface area contributed by atoms with Gasteiger partial charge in [-0.15, -0.1) is 0 Å². The zero-order chi connectivity index (χ0) is 14.8. The van der Waals surface area contributed by atoms with Gasteiger partial charge < -0.3 is 4.74 Å². The fourth-order valence-corrected chi connectivity index (χ4v) is 2.53. The van der Waals surface area contributed by atoms with Gasteiger partial charge >= 0.3 is 0 Å². The number of halogens is 1. The third kappa shape index (κ3) is 3.01. The van der Waals surface area contributed by atoms with Crippen molar-refractivity contribution in [2.24, 2.45) is 0 Å². The third-order valence-corrected chi connectivity index (χ3v) is 3.76. The van der Waals surface area contributed by atoms with E-state index in [0.717, 1.165) is 16.7 Å². The van der Waals surface area contributed by atoms with Crippen LogP contribution in [0.4, 0.5) is 0 Å². The van der Waals surface area contributed by atoms with E-state index < -0.39 is 0 Å². The molecular formula is C18H15ClO2. The van der Waals surface area contributed by atoms with Crippen LogP contribution < -0.4 is 4.74 Å². The van der Waals surface area contributed by atoms with Crippen molar-refractivity contribution in [2.45, 2.75) is 13.3 Å². The topological polar surface area (TPSA) is 26.3 Å². The van der Waals surface area contributed by atoms with Gasteiger partial charge in [0.2, 0.25) is 0 Å². The summed E-state index contributed by atoms with van der Waals surface area (Å²) >= 11 is 5.89. The molecule has 0 fully saturated rings. The van der Waals surface area contributed by atoms with Gasteiger partial charge in [0.15, 0.2) is 5.78 Å². The largest absolute Gasteiger partial charge is 0.492 e. The highest BCUT2D eigenvalue weighted by Crippen LogP contribution is 2.28. The average Bonchev–Trinajstić information content (AvgIpc) is 2.62. The molecule has 21 heavy (non-hydrogen) atoms. The van der Waals surface area contributed by atoms with Gasteiger partial charge in [-0.25, -0.2) is 0 Å². The Kier molecular flexibility index (Phi) is 3.80. The van der Waals surface area contributed by atoms with Crippen molar-refractivity contribution in [1.82, 2.24) is 0 Å². The second kappa shape index (κ2) is 5.74. The lowest BCUT2D eigenvalue weighted by molar-refractivity contribution is 0.103. The van der Waals surface area contributed by atoms with Gasteiger partial charge in [-0.3, -0.25) is 4.79 Å². The van der Waals surface area contributed by atoms with Crippen molar-refractivity contribution in [3.05, 3.63) is 69.8 Å². The monoisotopic (exact) mass is 298 g/mol. The summed E-state index contributed by atoms with van der Waals surface area (Å²) < 4.78 is 5.68. The maximum Gasteiger partial charge on any atom is 0.192 e. The van der Waals surface area contributed by atoms with E-state index in [1.165, 1.54) is 0 Å². The molecule has 0 bridgehead atoms. The summed E-state index contributed by atoms with van der Waals surface area (Å²) in [5, 5.41) is 0.689. The van der Waals surface area contributed by atoms with Crippen LogP contribution in [0.1, 0.15) is 27.9 Å². The Labute approximate surface area is 129 Å². The third-order valence-electron chi connectivity index (χ3n) is 3.51. The Morgan fingerprint density at radius 2 is 1.90 bits per heavy atom. The van der Waals surface area contributed by atoms with Crippen molar-refractivity contribution in [2.75, 3.05) is 6.61 Å². The molecule has 0 N–H and O–H groups in total. The van der Waals surface area contributed by atoms with Crippen molar-refractivity contribution in [3.63, 3.8) is 0 Å². The number of ether oxygens (including phenoxy) is 1. The van der Waals surface area contributed by atoms with E-state index in [-0.39, 0.29) is 5.78 Å². The van der Waals surface area contributed by atoms with E-state index in [1.807, 2.05) is 55.5 Å². The van der Waals surface area contributed by atoms with Gasteiger partial charge in [0.05, 0.1) is 12.2 Å². The predicted octanol–water partition coefficient (Wildman–Crippen LogP) is 4.70. The molecule has 0 aliphatic carbocycles. The first kappa shape index (κ1) is 13.9. The quantitative estimate of drug-likeness (QED) is 0.714. The lowest BCUT2D eigenvalue weighted by Gasteiger charge is -2.06. The van der Waals surface area contributed by atoms with E-state index in [2.05, 4.69) is 0 Å². The number of rotatable bonds is 1. The molecule has 3 rings (SSSR count). The molecule has 106 valence electrons. The highest BCUT2D eigenvalue weighted by molar-refractivity contribution is 6.30. The number of aryl methyl sites for hydroxylation is 1. The molecule has 2 nitrogen and oxygen atoms in total. The number of carbonyl (C=O) groups is 1. The van der Waals surface area contributed by atoms with Crippen molar-refractivity contribution < 1.29 is 9.53 Å². The Morgan fingerprint density at radius 1 is 1.14 bits per heavy atom. The van der Waals surface area contributed by atoms with Crippen LogP contribution in [0.25, 0.3) is 6.08 Å². The zero-order valence-electron chi connectivity index (χ0n) is 11.7. The van der Waals surface area contributed by atoms with Crippen LogP contribution in [0.2, 0.25) is 5.02 Å². The summed E-state index contributed by atoms with van der Waals surface area (Å²) in [4.78, 5) is 12.7. The Morgan fingerprint density at radius 3 is 2.67 bits per heavy atom. The molecule has 1 aliphatic rings. The normalized spacial score (nSPS) is 16.3. The first-order valence-corrected chi connectivity index (χ1v) is 7.25. The molecule has 0 saturated carbocycles. The van der Waals surface area contributed by atoms with Gasteiger partial charge in [-0.2, -0.15) is 0 Å². The minimum Gasteiger partial charge on any atom is -0.492 e. The molecule has 0 aromatic heterocycles. The number of carbonyl (C=O) groups excluding carboxylic acids is 1. The van der Waals surface area contributed by atoms with Crippen LogP contribution in [0.3, 0.4) is 0 Å². The lowest BCUT2D eigenvalue weighted by atomic mass is 9.98. The smallest absolute Gasteiger partial charge is 0.192 e. The number of benzene rings is 2. The number of hydrogen-bond donors (Lipinski definition) is 0. The standard InChI is InChI=1S/C18H15ClO2/c1-12-2-7-17-16(10-12)18(20)14(8-9-21-17)11-13-3-5-15(19)6-4-13/h2-7,10-11H,8-9H2,1H3/b14-11+. The van der Waals surface area contributed by atoms with Crippen LogP contribution in [0, 0.1) is 6.92 Å². The minimum atomic E-state index is 0.0427. The Hall–Kier alpha value is -2.06. The van der Waals surface area contributed by atoms with Crippen LogP contribution in [0.15, 0.2) is 48.0 Å². The Balaban J connectivity index is 2.00. The van der Waals surface area contributed by atoms with Crippen LogP contribution in [-0.4, -0.2) is 12.4 Å². The fourth-order valence-electron chi connectivity index (χ4n) is 2.40. The molecule has 3 heteroatoms. The van der Waals surface area contributed by atoms with Crippen LogP contribution in [0.5, 0.6) is 5.75 Å². The maximum absolute atomic E-state index is 12.7. The van der Waals surface area contributed by atoms with Gasteiger partial charge in [-0.1, -0.05) is 35.4 Å². The first-order chi connectivity index (χ1) is 10.1. The molecular weight excluding hydrogens is 284 g/mol. The summed E-state index contributed by atoms with van der Waals surface area (Å²) in [6.07, 6.45) is 2.52. The summed E-state index contributed by atoms with van der Waals surface area (Å²) in [6.45, 7) is 2.49. The summed E-state index contributed by atoms with van der Waals surface area (Å²) in [7, 11) is 0. The molecule has 2 aromatic carbocycles. The highest BCUT2D eigenvalue weighted by Gasteiger charge is 2.21. The van der Waals surface area contributed by atoms with E-state index in [0.29, 0.717) is 29.4 Å². The van der Waals surface area contributed by atoms with E-state index >= 15 is 0 Å². The molecule has 0 amide bonds. The average molecular weight is 299 g/mol. The van der Waals surface area contributed by atoms with Crippen LogP contribution >= 0.6 is 11.6 Å². The van der Waals surface area contributed by atoms with Crippen molar-refractivity contribution in [3.8, 4) is 5.75 Å². The van der Waals surface area contributed by atoms with E-state index in [1.54, 1.807) is 0 Å². The second-order valence-electron chi connectivity index (χ2n) is 5.15. The fraction of sp³-hybridized carbons (Fsp3) is 0.167. The van der Waals surface area contributed by atoms with Gasteiger partial charge in [0, 0.05) is 17.0 Å². The number of hydrogen-bond acceptors (Lipinski definition) is 2. The first-order valence-electron chi connectivity index (χ1n) is 6.88. The SMILES string of the molecule is Cc1ccc2c(c1)C(=O)/C(=C/c1ccc(Cl)cc1)CCO2. The maximum atomic E-state index is 12.7. The lowest BCUT2D eigenvalue weighted by Crippen LogP contribution is -2.02. The Bertz CT molecular complexity index is 714. The molecule has 0 saturated heterocycles. The van der Waals surface area contributed by atoms with Crippen LogP contribution in [-0.2, 0) is 0 Å². The summed E-state index contributed by atoms with van der Waals surface area (Å²) in [5.74, 6) is 0.714. The summed E-state index contributed by atoms with van der Waals surface area (Å²) in [6, 6.07) is 13.2. The molecule has 0 radical (unpaired) electrons. The highest BCUT2D eigenvalue weighted by atomic mass is 35.5. The predicted molar refractivity (Wildman–Crippen MR) is 85.1 cm³/mol. The van der Waals surface area contributed by atoms with Gasteiger partial charge in [0.1, 0.15) is 5.75 Å². The zero-order valence-corrected chi connectivity index (χ0v) is 12.5. The number of ketones is 1. The van der Waals surface area contributed by atoms with Gasteiger partial charge in [-0.05, 0) is 42.8 Å². The second-order valence-corrected chi connectivity index (χ2v) is 5.58. The summed E-state index contributed by atoms with van der Waals surface area (Å²) in [5.41, 5.74) is 3.44. The molecule has 1 heterocycles. The van der Waals surface area contributed by atoms with Crippen molar-refractivity contribution >= 4 is 23.5 Å². The van der Waals surface area contributed by atoms with E-state index in [4.69, 9.17) is 16.3 Å². The van der Waals surface area contributed by atoms with Gasteiger partial charge in [0.25, 0.3) is 0 Å². The molecule has 0 atom stereocenters. The molecule has 0 unspecified atom stereocenters. The molecule has 0 spiro atoms. The number of fused-ring (bicyclic) bond motifs is 1. The van der Waals surface area contributed by atoms with Crippen molar-refractivity contribution in [1.29, 1.82) is 0 Å².